The smallest absolute Gasteiger partial charge is 0.202 e. The third-order valence-electron chi connectivity index (χ3n) is 1.77. The Balaban J connectivity index is 2.80. The molecule has 4 nitrogen and oxygen atoms in total. The molecule has 1 aliphatic rings. The van der Waals surface area contributed by atoms with Crippen molar-refractivity contribution in [2.75, 3.05) is 6.26 Å². The molecule has 0 aliphatic carbocycles. The molecule has 0 aromatic heterocycles. The number of rotatable bonds is 1. The van der Waals surface area contributed by atoms with E-state index in [1.807, 2.05) is 12.5 Å². The summed E-state index contributed by atoms with van der Waals surface area (Å²) >= 11 is 1.56. The number of hydrogen-bond acceptors (Lipinski definition) is 5. The van der Waals surface area contributed by atoms with Gasteiger partial charge in [-0.3, -0.25) is 5.01 Å². The first kappa shape index (κ1) is 10.5. The van der Waals surface area contributed by atoms with E-state index in [0.29, 0.717) is 0 Å². The standard InChI is InChI=1S/C8H16N4S/c1-8(2,3)6-5-12(9)7(13-4)11-10-6/h5,7H,9H2,1-4H3. The lowest BCUT2D eigenvalue weighted by Gasteiger charge is -2.28. The first-order valence-corrected chi connectivity index (χ1v) is 5.43. The van der Waals surface area contributed by atoms with E-state index >= 15 is 0 Å². The lowest BCUT2D eigenvalue weighted by Crippen LogP contribution is -2.35. The van der Waals surface area contributed by atoms with E-state index in [4.69, 9.17) is 5.84 Å². The maximum Gasteiger partial charge on any atom is 0.202 e. The summed E-state index contributed by atoms with van der Waals surface area (Å²) < 4.78 is 0. The van der Waals surface area contributed by atoms with Gasteiger partial charge in [0.1, 0.15) is 0 Å². The summed E-state index contributed by atoms with van der Waals surface area (Å²) in [4.78, 5) is 0. The lowest BCUT2D eigenvalue weighted by atomic mass is 9.93. The summed E-state index contributed by atoms with van der Waals surface area (Å²) in [5.41, 5.74) is 0.844. The highest BCUT2D eigenvalue weighted by Gasteiger charge is 2.23. The number of thioether (sulfide) groups is 1. The van der Waals surface area contributed by atoms with Gasteiger partial charge in [0, 0.05) is 11.6 Å². The molecule has 1 atom stereocenters. The average molecular weight is 200 g/mol. The normalized spacial score (nSPS) is 23.3. The molecule has 1 aliphatic heterocycles. The molecule has 1 unspecified atom stereocenters. The van der Waals surface area contributed by atoms with Gasteiger partial charge in [0.2, 0.25) is 5.50 Å². The molecular weight excluding hydrogens is 184 g/mol. The Morgan fingerprint density at radius 3 is 2.54 bits per heavy atom. The summed E-state index contributed by atoms with van der Waals surface area (Å²) in [7, 11) is 0. The minimum atomic E-state index is -0.0777. The van der Waals surface area contributed by atoms with Crippen molar-refractivity contribution in [2.45, 2.75) is 26.3 Å². The highest BCUT2D eigenvalue weighted by atomic mass is 32.2. The second-order valence-electron chi connectivity index (χ2n) is 3.99. The predicted octanol–water partition coefficient (Wildman–Crippen LogP) is 2.16. The Morgan fingerprint density at radius 1 is 1.54 bits per heavy atom. The second kappa shape index (κ2) is 3.67. The van der Waals surface area contributed by atoms with Gasteiger partial charge < -0.3 is 0 Å². The molecule has 1 heterocycles. The quantitative estimate of drug-likeness (QED) is 0.660. The highest BCUT2D eigenvalue weighted by Crippen LogP contribution is 2.30. The third-order valence-corrected chi connectivity index (χ3v) is 2.53. The summed E-state index contributed by atoms with van der Waals surface area (Å²) in [5, 5.41) is 9.84. The molecule has 74 valence electrons. The van der Waals surface area contributed by atoms with Gasteiger partial charge in [-0.1, -0.05) is 20.8 Å². The number of hydrazine groups is 1. The number of hydrogen-bond donors (Lipinski definition) is 1. The lowest BCUT2D eigenvalue weighted by molar-refractivity contribution is 0.329. The van der Waals surface area contributed by atoms with E-state index in [-0.39, 0.29) is 10.9 Å². The van der Waals surface area contributed by atoms with Crippen LogP contribution >= 0.6 is 11.8 Å². The summed E-state index contributed by atoms with van der Waals surface area (Å²) in [6, 6.07) is 0. The van der Waals surface area contributed by atoms with Crippen molar-refractivity contribution < 1.29 is 0 Å². The first-order chi connectivity index (χ1) is 5.95. The Labute approximate surface area is 83.2 Å². The zero-order valence-corrected chi connectivity index (χ0v) is 9.30. The minimum absolute atomic E-state index is 0.00446. The molecule has 0 radical (unpaired) electrons. The molecule has 0 spiro atoms. The van der Waals surface area contributed by atoms with Crippen LogP contribution in [-0.2, 0) is 0 Å². The van der Waals surface area contributed by atoms with Crippen LogP contribution in [0.4, 0.5) is 0 Å². The van der Waals surface area contributed by atoms with Gasteiger partial charge in [-0.2, -0.15) is 10.2 Å². The molecule has 0 amide bonds. The SMILES string of the molecule is CSC1N=NC(C(C)(C)C)=CN1N. The summed E-state index contributed by atoms with van der Waals surface area (Å²) in [5.74, 6) is 5.76. The molecule has 2 N–H and O–H groups in total. The van der Waals surface area contributed by atoms with Gasteiger partial charge in [-0.05, 0) is 6.26 Å². The van der Waals surface area contributed by atoms with Crippen molar-refractivity contribution in [1.82, 2.24) is 5.01 Å². The number of nitrogens with zero attached hydrogens (tertiary/aromatic N) is 3. The van der Waals surface area contributed by atoms with Crippen LogP contribution < -0.4 is 5.84 Å². The van der Waals surface area contributed by atoms with Crippen LogP contribution in [0.3, 0.4) is 0 Å². The van der Waals surface area contributed by atoms with Crippen molar-refractivity contribution in [3.8, 4) is 0 Å². The topological polar surface area (TPSA) is 54.0 Å². The molecule has 0 saturated heterocycles. The van der Waals surface area contributed by atoms with Crippen molar-refractivity contribution >= 4 is 11.8 Å². The largest absolute Gasteiger partial charge is 0.281 e. The Bertz CT molecular complexity index is 241. The van der Waals surface area contributed by atoms with E-state index in [0.717, 1.165) is 5.70 Å². The minimum Gasteiger partial charge on any atom is -0.281 e. The summed E-state index contributed by atoms with van der Waals surface area (Å²) in [6.07, 6.45) is 3.81. The van der Waals surface area contributed by atoms with E-state index < -0.39 is 0 Å². The van der Waals surface area contributed by atoms with Gasteiger partial charge in [0.15, 0.2) is 0 Å². The first-order valence-electron chi connectivity index (χ1n) is 4.14. The molecule has 5 heteroatoms. The maximum absolute atomic E-state index is 5.76. The molecule has 0 aromatic rings. The fourth-order valence-corrected chi connectivity index (χ4v) is 1.36. The van der Waals surface area contributed by atoms with Crippen LogP contribution in [0.2, 0.25) is 0 Å². The molecule has 0 fully saturated rings. The second-order valence-corrected chi connectivity index (χ2v) is 4.88. The zero-order chi connectivity index (χ0) is 10.1. The number of nitrogens with two attached hydrogens (primary N) is 1. The van der Waals surface area contributed by atoms with E-state index in [1.165, 1.54) is 0 Å². The van der Waals surface area contributed by atoms with E-state index in [1.54, 1.807) is 16.8 Å². The van der Waals surface area contributed by atoms with Crippen LogP contribution in [0.15, 0.2) is 22.1 Å². The van der Waals surface area contributed by atoms with Crippen molar-refractivity contribution in [3.05, 3.63) is 11.9 Å². The van der Waals surface area contributed by atoms with E-state index in [2.05, 4.69) is 31.0 Å². The van der Waals surface area contributed by atoms with Crippen LogP contribution in [-0.4, -0.2) is 16.8 Å². The molecule has 0 bridgehead atoms. The van der Waals surface area contributed by atoms with Crippen LogP contribution in [0, 0.1) is 5.41 Å². The Hall–Kier alpha value is -0.550. The van der Waals surface area contributed by atoms with Gasteiger partial charge in [-0.15, -0.1) is 11.8 Å². The monoisotopic (exact) mass is 200 g/mol. The van der Waals surface area contributed by atoms with E-state index in [9.17, 15) is 0 Å². The maximum atomic E-state index is 5.76. The predicted molar refractivity (Wildman–Crippen MR) is 55.7 cm³/mol. The Morgan fingerprint density at radius 2 is 2.15 bits per heavy atom. The third kappa shape index (κ3) is 2.45. The zero-order valence-electron chi connectivity index (χ0n) is 8.48. The fourth-order valence-electron chi connectivity index (χ4n) is 0.915. The molecule has 0 saturated carbocycles. The van der Waals surface area contributed by atoms with Crippen LogP contribution in [0.1, 0.15) is 20.8 Å². The highest BCUT2D eigenvalue weighted by molar-refractivity contribution is 7.99. The molecular formula is C8H16N4S. The van der Waals surface area contributed by atoms with Gasteiger partial charge in [-0.25, -0.2) is 5.84 Å². The van der Waals surface area contributed by atoms with Crippen molar-refractivity contribution in [1.29, 1.82) is 0 Å². The van der Waals surface area contributed by atoms with Crippen LogP contribution in [0.25, 0.3) is 0 Å². The fraction of sp³-hybridized carbons (Fsp3) is 0.750. The van der Waals surface area contributed by atoms with Crippen molar-refractivity contribution in [3.63, 3.8) is 0 Å². The molecule has 0 aromatic carbocycles. The summed E-state index contributed by atoms with van der Waals surface area (Å²) in [6.45, 7) is 6.27. The average Bonchev–Trinajstić information content (AvgIpc) is 2.02. The Kier molecular flexibility index (Phi) is 2.98. The number of allylic oxidation sites excluding steroid dienone is 1. The molecule has 1 rings (SSSR count). The van der Waals surface area contributed by atoms with Crippen LogP contribution in [0.5, 0.6) is 0 Å². The van der Waals surface area contributed by atoms with Gasteiger partial charge in [0.05, 0.1) is 5.70 Å². The number of azo groups is 1. The van der Waals surface area contributed by atoms with Crippen molar-refractivity contribution in [2.24, 2.45) is 21.5 Å². The van der Waals surface area contributed by atoms with Gasteiger partial charge in [0.25, 0.3) is 0 Å². The van der Waals surface area contributed by atoms with Gasteiger partial charge >= 0.3 is 0 Å². The molecule has 13 heavy (non-hydrogen) atoms.